The maximum Gasteiger partial charge on any atom is 0.142 e. The molecule has 1 N–H and O–H groups in total. The second-order valence-corrected chi connectivity index (χ2v) is 4.50. The monoisotopic (exact) mass is 280 g/mol. The maximum absolute atomic E-state index is 13.2. The molecule has 4 heteroatoms. The summed E-state index contributed by atoms with van der Waals surface area (Å²) in [6, 6.07) is 12.1. The van der Waals surface area contributed by atoms with Gasteiger partial charge < -0.3 is 9.84 Å². The fraction of sp³-hybridized carbons (Fsp3) is 0.200. The third-order valence-electron chi connectivity index (χ3n) is 2.75. The number of aliphatic hydroxyl groups excluding tert-OH is 1. The van der Waals surface area contributed by atoms with Gasteiger partial charge in [0, 0.05) is 12.2 Å². The number of rotatable bonds is 5. The van der Waals surface area contributed by atoms with Gasteiger partial charge in [-0.25, -0.2) is 4.39 Å². The molecule has 2 aromatic carbocycles. The average Bonchev–Trinajstić information content (AvgIpc) is 2.42. The number of benzene rings is 2. The van der Waals surface area contributed by atoms with E-state index in [1.54, 1.807) is 12.1 Å². The van der Waals surface area contributed by atoms with Crippen LogP contribution in [0, 0.1) is 5.82 Å². The Balaban J connectivity index is 2.00. The first-order valence-electron chi connectivity index (χ1n) is 5.96. The molecule has 0 aliphatic carbocycles. The van der Waals surface area contributed by atoms with Crippen LogP contribution < -0.4 is 4.74 Å². The van der Waals surface area contributed by atoms with Crippen LogP contribution in [0.5, 0.6) is 5.75 Å². The third-order valence-corrected chi connectivity index (χ3v) is 3.17. The first-order chi connectivity index (χ1) is 9.20. The van der Waals surface area contributed by atoms with Crippen LogP contribution in [-0.2, 0) is 13.0 Å². The zero-order chi connectivity index (χ0) is 13.7. The van der Waals surface area contributed by atoms with Crippen molar-refractivity contribution in [2.45, 2.75) is 13.0 Å². The molecule has 0 aliphatic rings. The molecule has 0 atom stereocenters. The van der Waals surface area contributed by atoms with Gasteiger partial charge in [0.25, 0.3) is 0 Å². The normalized spacial score (nSPS) is 10.5. The van der Waals surface area contributed by atoms with Gasteiger partial charge in [0.05, 0.1) is 5.02 Å². The minimum atomic E-state index is -0.443. The molecule has 0 unspecified atom stereocenters. The summed E-state index contributed by atoms with van der Waals surface area (Å²) >= 11 is 5.84. The number of ether oxygens (including phenoxy) is 1. The lowest BCUT2D eigenvalue weighted by atomic mass is 10.1. The van der Waals surface area contributed by atoms with E-state index in [1.807, 2.05) is 24.3 Å². The number of aliphatic hydroxyl groups is 1. The molecule has 2 nitrogen and oxygen atoms in total. The second kappa shape index (κ2) is 6.55. The van der Waals surface area contributed by atoms with Gasteiger partial charge in [-0.15, -0.1) is 0 Å². The van der Waals surface area contributed by atoms with Crippen molar-refractivity contribution in [3.8, 4) is 5.75 Å². The minimum Gasteiger partial charge on any atom is -0.489 e. The van der Waals surface area contributed by atoms with E-state index in [4.69, 9.17) is 21.4 Å². The molecule has 19 heavy (non-hydrogen) atoms. The molecule has 2 rings (SSSR count). The molecule has 0 fully saturated rings. The summed E-state index contributed by atoms with van der Waals surface area (Å²) in [5.74, 6) is 0.239. The van der Waals surface area contributed by atoms with Crippen LogP contribution in [-0.4, -0.2) is 11.7 Å². The van der Waals surface area contributed by atoms with E-state index in [2.05, 4.69) is 0 Å². The Hall–Kier alpha value is -1.58. The van der Waals surface area contributed by atoms with Crippen LogP contribution in [0.4, 0.5) is 4.39 Å². The highest BCUT2D eigenvalue weighted by atomic mass is 35.5. The van der Waals surface area contributed by atoms with Crippen molar-refractivity contribution in [3.63, 3.8) is 0 Å². The Morgan fingerprint density at radius 3 is 2.53 bits per heavy atom. The summed E-state index contributed by atoms with van der Waals surface area (Å²) in [5, 5.41) is 8.91. The minimum absolute atomic E-state index is 0.0967. The zero-order valence-electron chi connectivity index (χ0n) is 10.3. The predicted octanol–water partition coefficient (Wildman–Crippen LogP) is 3.59. The molecule has 0 saturated carbocycles. The summed E-state index contributed by atoms with van der Waals surface area (Å²) in [5.41, 5.74) is 1.65. The van der Waals surface area contributed by atoms with Gasteiger partial charge in [0.1, 0.15) is 18.2 Å². The number of hydrogen-bond donors (Lipinski definition) is 1. The molecular weight excluding hydrogens is 267 g/mol. The van der Waals surface area contributed by atoms with Gasteiger partial charge >= 0.3 is 0 Å². The van der Waals surface area contributed by atoms with Crippen LogP contribution in [0.15, 0.2) is 42.5 Å². The van der Waals surface area contributed by atoms with E-state index in [9.17, 15) is 4.39 Å². The lowest BCUT2D eigenvalue weighted by molar-refractivity contribution is 0.298. The Labute approximate surface area is 116 Å². The van der Waals surface area contributed by atoms with E-state index in [1.165, 1.54) is 6.07 Å². The van der Waals surface area contributed by atoms with E-state index < -0.39 is 5.82 Å². The molecule has 0 bridgehead atoms. The fourth-order valence-corrected chi connectivity index (χ4v) is 1.88. The van der Waals surface area contributed by atoms with Crippen LogP contribution in [0.25, 0.3) is 0 Å². The van der Waals surface area contributed by atoms with Gasteiger partial charge in [0.2, 0.25) is 0 Å². The Morgan fingerprint density at radius 1 is 1.11 bits per heavy atom. The molecule has 0 saturated heterocycles. The van der Waals surface area contributed by atoms with Gasteiger partial charge in [-0.2, -0.15) is 0 Å². The van der Waals surface area contributed by atoms with Gasteiger partial charge in [-0.3, -0.25) is 0 Å². The summed E-state index contributed by atoms with van der Waals surface area (Å²) in [6.07, 6.45) is 0.621. The van der Waals surface area contributed by atoms with Gasteiger partial charge in [-0.05, 0) is 30.2 Å². The van der Waals surface area contributed by atoms with Crippen molar-refractivity contribution in [2.24, 2.45) is 0 Å². The zero-order valence-corrected chi connectivity index (χ0v) is 11.0. The largest absolute Gasteiger partial charge is 0.489 e. The molecule has 0 radical (unpaired) electrons. The highest BCUT2D eigenvalue weighted by Gasteiger charge is 2.06. The van der Waals surface area contributed by atoms with E-state index in [-0.39, 0.29) is 18.2 Å². The highest BCUT2D eigenvalue weighted by molar-refractivity contribution is 6.31. The Morgan fingerprint density at radius 2 is 1.84 bits per heavy atom. The molecule has 0 heterocycles. The van der Waals surface area contributed by atoms with Crippen molar-refractivity contribution in [1.29, 1.82) is 0 Å². The second-order valence-electron chi connectivity index (χ2n) is 4.12. The molecule has 0 spiro atoms. The van der Waals surface area contributed by atoms with Crippen molar-refractivity contribution in [1.82, 2.24) is 0 Å². The smallest absolute Gasteiger partial charge is 0.142 e. The van der Waals surface area contributed by atoms with Crippen molar-refractivity contribution < 1.29 is 14.2 Å². The van der Waals surface area contributed by atoms with Crippen LogP contribution in [0.1, 0.15) is 11.1 Å². The lowest BCUT2D eigenvalue weighted by Crippen LogP contribution is -1.98. The summed E-state index contributed by atoms with van der Waals surface area (Å²) in [4.78, 5) is 0. The lowest BCUT2D eigenvalue weighted by Gasteiger charge is -2.08. The Bertz CT molecular complexity index is 540. The summed E-state index contributed by atoms with van der Waals surface area (Å²) in [6.45, 7) is 0.342. The van der Waals surface area contributed by atoms with Crippen LogP contribution in [0.2, 0.25) is 5.02 Å². The molecule has 100 valence electrons. The number of hydrogen-bond acceptors (Lipinski definition) is 2. The predicted molar refractivity (Wildman–Crippen MR) is 73.0 cm³/mol. The summed E-state index contributed by atoms with van der Waals surface area (Å²) < 4.78 is 18.8. The molecular formula is C15H14ClFO2. The van der Waals surface area contributed by atoms with Crippen molar-refractivity contribution in [3.05, 3.63) is 64.4 Å². The first-order valence-corrected chi connectivity index (χ1v) is 6.34. The topological polar surface area (TPSA) is 29.5 Å². The molecule has 0 aromatic heterocycles. The highest BCUT2D eigenvalue weighted by Crippen LogP contribution is 2.21. The average molecular weight is 281 g/mol. The SMILES string of the molecule is OCCc1ccc(OCc2cccc(F)c2Cl)cc1. The van der Waals surface area contributed by atoms with E-state index in [0.717, 1.165) is 5.56 Å². The van der Waals surface area contributed by atoms with Gasteiger partial charge in [-0.1, -0.05) is 35.9 Å². The van der Waals surface area contributed by atoms with E-state index in [0.29, 0.717) is 17.7 Å². The third kappa shape index (κ3) is 3.69. The summed E-state index contributed by atoms with van der Waals surface area (Å²) in [7, 11) is 0. The Kier molecular flexibility index (Phi) is 4.77. The molecule has 0 aliphatic heterocycles. The van der Waals surface area contributed by atoms with Crippen LogP contribution in [0.3, 0.4) is 0 Å². The molecule has 2 aromatic rings. The van der Waals surface area contributed by atoms with Gasteiger partial charge in [0.15, 0.2) is 0 Å². The van der Waals surface area contributed by atoms with Crippen molar-refractivity contribution >= 4 is 11.6 Å². The standard InChI is InChI=1S/C15H14ClFO2/c16-15-12(2-1-3-14(15)17)10-19-13-6-4-11(5-7-13)8-9-18/h1-7,18H,8-10H2. The van der Waals surface area contributed by atoms with Crippen LogP contribution >= 0.6 is 11.6 Å². The fourth-order valence-electron chi connectivity index (χ4n) is 1.70. The maximum atomic E-state index is 13.2. The number of halogens is 2. The molecule has 0 amide bonds. The first kappa shape index (κ1) is 13.8. The van der Waals surface area contributed by atoms with E-state index >= 15 is 0 Å². The quantitative estimate of drug-likeness (QED) is 0.907. The van der Waals surface area contributed by atoms with Crippen molar-refractivity contribution in [2.75, 3.05) is 6.61 Å².